The lowest BCUT2D eigenvalue weighted by molar-refractivity contribution is 0.248. The molecule has 0 saturated heterocycles. The highest BCUT2D eigenvalue weighted by Crippen LogP contribution is 2.32. The Morgan fingerprint density at radius 1 is 1.08 bits per heavy atom. The van der Waals surface area contributed by atoms with E-state index in [-0.39, 0.29) is 19.3 Å². The van der Waals surface area contributed by atoms with Crippen LogP contribution in [0, 0.1) is 0 Å². The van der Waals surface area contributed by atoms with Crippen molar-refractivity contribution in [3.63, 3.8) is 0 Å². The normalized spacial score (nSPS) is 17.2. The number of halogens is 2. The van der Waals surface area contributed by atoms with Crippen molar-refractivity contribution < 1.29 is 10.2 Å². The molecule has 4 nitrogen and oxygen atoms in total. The van der Waals surface area contributed by atoms with E-state index in [4.69, 9.17) is 28.2 Å². The SMILES string of the molecule is OCCN1c2ccc(Cl)cc2C(c2ccccc2Cl)=NCC1CO. The van der Waals surface area contributed by atoms with Gasteiger partial charge in [-0.15, -0.1) is 0 Å². The van der Waals surface area contributed by atoms with E-state index < -0.39 is 0 Å². The molecule has 126 valence electrons. The smallest absolute Gasteiger partial charge is 0.0756 e. The fraction of sp³-hybridized carbons (Fsp3) is 0.278. The molecule has 1 atom stereocenters. The number of aliphatic hydroxyl groups excluding tert-OH is 2. The predicted octanol–water partition coefficient (Wildman–Crippen LogP) is 3.00. The van der Waals surface area contributed by atoms with Gasteiger partial charge in [-0.1, -0.05) is 41.4 Å². The summed E-state index contributed by atoms with van der Waals surface area (Å²) in [7, 11) is 0. The molecule has 1 aliphatic heterocycles. The molecule has 0 aromatic heterocycles. The standard InChI is InChI=1S/C18H18Cl2N2O2/c19-12-5-6-17-15(9-12)18(14-3-1-2-4-16(14)20)21-10-13(11-24)22(17)7-8-23/h1-6,9,13,23-24H,7-8,10-11H2. The zero-order chi connectivity index (χ0) is 17.1. The largest absolute Gasteiger partial charge is 0.395 e. The van der Waals surface area contributed by atoms with Crippen molar-refractivity contribution >= 4 is 34.6 Å². The second kappa shape index (κ2) is 7.53. The van der Waals surface area contributed by atoms with Gasteiger partial charge in [0.1, 0.15) is 0 Å². The molecule has 0 fully saturated rings. The Morgan fingerprint density at radius 2 is 1.88 bits per heavy atom. The van der Waals surface area contributed by atoms with E-state index in [1.54, 1.807) is 6.07 Å². The van der Waals surface area contributed by atoms with Crippen LogP contribution in [-0.4, -0.2) is 48.3 Å². The topological polar surface area (TPSA) is 56.1 Å². The molecule has 24 heavy (non-hydrogen) atoms. The summed E-state index contributed by atoms with van der Waals surface area (Å²) in [6.07, 6.45) is 0. The molecule has 2 aromatic rings. The lowest BCUT2D eigenvalue weighted by Gasteiger charge is -2.31. The van der Waals surface area contributed by atoms with Crippen LogP contribution in [0.5, 0.6) is 0 Å². The molecule has 2 aromatic carbocycles. The summed E-state index contributed by atoms with van der Waals surface area (Å²) in [4.78, 5) is 6.68. The van der Waals surface area contributed by atoms with Crippen LogP contribution in [0.15, 0.2) is 47.5 Å². The number of hydrogen-bond acceptors (Lipinski definition) is 4. The average Bonchev–Trinajstić information content (AvgIpc) is 2.73. The first-order valence-corrected chi connectivity index (χ1v) is 8.49. The van der Waals surface area contributed by atoms with Gasteiger partial charge in [-0.25, -0.2) is 0 Å². The number of fused-ring (bicyclic) bond motifs is 1. The number of aliphatic imine (C=N–C) groups is 1. The highest BCUT2D eigenvalue weighted by molar-refractivity contribution is 6.36. The number of rotatable bonds is 4. The van der Waals surface area contributed by atoms with Gasteiger partial charge in [0.2, 0.25) is 0 Å². The van der Waals surface area contributed by atoms with Crippen molar-refractivity contribution in [2.75, 3.05) is 31.2 Å². The molecular weight excluding hydrogens is 347 g/mol. The zero-order valence-electron chi connectivity index (χ0n) is 13.0. The molecule has 6 heteroatoms. The molecule has 1 heterocycles. The fourth-order valence-electron chi connectivity index (χ4n) is 2.98. The lowest BCUT2D eigenvalue weighted by Crippen LogP contribution is -2.41. The van der Waals surface area contributed by atoms with Gasteiger partial charge in [0.05, 0.1) is 31.5 Å². The monoisotopic (exact) mass is 364 g/mol. The Hall–Kier alpha value is -1.59. The van der Waals surface area contributed by atoms with E-state index in [1.165, 1.54) is 0 Å². The van der Waals surface area contributed by atoms with E-state index in [1.807, 2.05) is 41.3 Å². The van der Waals surface area contributed by atoms with Crippen molar-refractivity contribution in [3.05, 3.63) is 63.6 Å². The Balaban J connectivity index is 2.20. The Morgan fingerprint density at radius 3 is 2.58 bits per heavy atom. The number of hydrogen-bond donors (Lipinski definition) is 2. The molecule has 0 bridgehead atoms. The van der Waals surface area contributed by atoms with Crippen molar-refractivity contribution in [2.24, 2.45) is 4.99 Å². The number of β-amino-alcohol motifs (C(OH)–C–C–N with tert-alkyl or cyclic N) is 1. The lowest BCUT2D eigenvalue weighted by atomic mass is 10.00. The van der Waals surface area contributed by atoms with Crippen LogP contribution in [0.1, 0.15) is 11.1 Å². The highest BCUT2D eigenvalue weighted by atomic mass is 35.5. The number of anilines is 1. The summed E-state index contributed by atoms with van der Waals surface area (Å²) in [5.41, 5.74) is 3.30. The van der Waals surface area contributed by atoms with Gasteiger partial charge in [0.15, 0.2) is 0 Å². The third-order valence-corrected chi connectivity index (χ3v) is 4.67. The van der Waals surface area contributed by atoms with Gasteiger partial charge in [-0.2, -0.15) is 0 Å². The van der Waals surface area contributed by atoms with Crippen LogP contribution in [0.3, 0.4) is 0 Å². The van der Waals surface area contributed by atoms with Crippen molar-refractivity contribution in [1.82, 2.24) is 0 Å². The summed E-state index contributed by atoms with van der Waals surface area (Å²) in [6.45, 7) is 0.746. The second-order valence-corrected chi connectivity index (χ2v) is 6.43. The Kier molecular flexibility index (Phi) is 5.41. The molecule has 3 rings (SSSR count). The van der Waals surface area contributed by atoms with Gasteiger partial charge < -0.3 is 15.1 Å². The maximum Gasteiger partial charge on any atom is 0.0756 e. The molecular formula is C18H18Cl2N2O2. The minimum Gasteiger partial charge on any atom is -0.395 e. The number of benzodiazepines with no additional fused rings is 1. The van der Waals surface area contributed by atoms with Crippen LogP contribution in [-0.2, 0) is 0 Å². The van der Waals surface area contributed by atoms with Crippen molar-refractivity contribution in [1.29, 1.82) is 0 Å². The van der Waals surface area contributed by atoms with Gasteiger partial charge in [-0.05, 0) is 24.3 Å². The molecule has 0 aliphatic carbocycles. The van der Waals surface area contributed by atoms with Crippen LogP contribution in [0.2, 0.25) is 10.0 Å². The van der Waals surface area contributed by atoms with E-state index in [0.717, 1.165) is 22.5 Å². The number of benzene rings is 2. The fourth-order valence-corrected chi connectivity index (χ4v) is 3.37. The molecule has 2 N–H and O–H groups in total. The second-order valence-electron chi connectivity index (χ2n) is 5.58. The summed E-state index contributed by atoms with van der Waals surface area (Å²) >= 11 is 12.6. The first-order valence-electron chi connectivity index (χ1n) is 7.73. The van der Waals surface area contributed by atoms with Gasteiger partial charge in [0.25, 0.3) is 0 Å². The minimum absolute atomic E-state index is 0.0139. The third kappa shape index (κ3) is 3.28. The summed E-state index contributed by atoms with van der Waals surface area (Å²) in [5, 5.41) is 20.4. The Labute approximate surface area is 151 Å². The number of nitrogens with zero attached hydrogens (tertiary/aromatic N) is 2. The first kappa shape index (κ1) is 17.2. The van der Waals surface area contributed by atoms with Gasteiger partial charge >= 0.3 is 0 Å². The Bertz CT molecular complexity index is 764. The summed E-state index contributed by atoms with van der Waals surface area (Å²) in [6, 6.07) is 12.9. The maximum atomic E-state index is 9.76. The molecule has 1 aliphatic rings. The summed E-state index contributed by atoms with van der Waals surface area (Å²) < 4.78 is 0. The summed E-state index contributed by atoms with van der Waals surface area (Å²) in [5.74, 6) is 0. The molecule has 0 spiro atoms. The van der Waals surface area contributed by atoms with Gasteiger partial charge in [0, 0.05) is 33.4 Å². The van der Waals surface area contributed by atoms with Crippen LogP contribution in [0.25, 0.3) is 0 Å². The van der Waals surface area contributed by atoms with E-state index in [2.05, 4.69) is 0 Å². The van der Waals surface area contributed by atoms with E-state index in [0.29, 0.717) is 23.1 Å². The van der Waals surface area contributed by atoms with Crippen molar-refractivity contribution in [3.8, 4) is 0 Å². The van der Waals surface area contributed by atoms with Crippen LogP contribution >= 0.6 is 23.2 Å². The molecule has 0 amide bonds. The third-order valence-electron chi connectivity index (χ3n) is 4.10. The molecule has 0 saturated carbocycles. The average molecular weight is 365 g/mol. The predicted molar refractivity (Wildman–Crippen MR) is 98.7 cm³/mol. The van der Waals surface area contributed by atoms with E-state index in [9.17, 15) is 10.2 Å². The molecule has 1 unspecified atom stereocenters. The first-order chi connectivity index (χ1) is 11.7. The molecule has 0 radical (unpaired) electrons. The van der Waals surface area contributed by atoms with Crippen LogP contribution < -0.4 is 4.90 Å². The number of aliphatic hydroxyl groups is 2. The van der Waals surface area contributed by atoms with Crippen molar-refractivity contribution in [2.45, 2.75) is 6.04 Å². The van der Waals surface area contributed by atoms with Gasteiger partial charge in [-0.3, -0.25) is 4.99 Å². The highest BCUT2D eigenvalue weighted by Gasteiger charge is 2.26. The zero-order valence-corrected chi connectivity index (χ0v) is 14.5. The van der Waals surface area contributed by atoms with E-state index >= 15 is 0 Å². The minimum atomic E-state index is -0.211. The quantitative estimate of drug-likeness (QED) is 0.876. The van der Waals surface area contributed by atoms with Crippen LogP contribution in [0.4, 0.5) is 5.69 Å². The maximum absolute atomic E-state index is 9.76.